The number of aromatic nitrogens is 2. The molecule has 0 aliphatic heterocycles. The molecule has 11 heteroatoms. The van der Waals surface area contributed by atoms with Crippen molar-refractivity contribution in [2.24, 2.45) is 0 Å². The molecule has 4 aromatic rings. The van der Waals surface area contributed by atoms with Gasteiger partial charge in [-0.15, -0.1) is 0 Å². The lowest BCUT2D eigenvalue weighted by molar-refractivity contribution is 0.574. The summed E-state index contributed by atoms with van der Waals surface area (Å²) in [5.41, 5.74) is 0.982. The van der Waals surface area contributed by atoms with Crippen molar-refractivity contribution in [3.63, 3.8) is 0 Å². The normalized spacial score (nSPS) is 12.3. The molecule has 1 heterocycles. The van der Waals surface area contributed by atoms with E-state index in [9.17, 15) is 16.8 Å². The molecule has 0 fully saturated rings. The molecule has 7 nitrogen and oxygen atoms in total. The minimum Gasteiger partial charge on any atom is -0.232 e. The van der Waals surface area contributed by atoms with Crippen molar-refractivity contribution in [1.29, 1.82) is 0 Å². The van der Waals surface area contributed by atoms with E-state index in [2.05, 4.69) is 9.71 Å². The zero-order chi connectivity index (χ0) is 23.6. The van der Waals surface area contributed by atoms with Gasteiger partial charge in [0.25, 0.3) is 10.0 Å². The Kier molecular flexibility index (Phi) is 6.78. The number of rotatable bonds is 8. The van der Waals surface area contributed by atoms with Crippen molar-refractivity contribution in [2.45, 2.75) is 22.6 Å². The summed E-state index contributed by atoms with van der Waals surface area (Å²) in [7, 11) is -7.65. The molecular weight excluding hydrogens is 505 g/mol. The molecule has 3 aromatic carbocycles. The van der Waals surface area contributed by atoms with Crippen molar-refractivity contribution < 1.29 is 16.8 Å². The van der Waals surface area contributed by atoms with Gasteiger partial charge in [0.05, 0.1) is 20.8 Å². The summed E-state index contributed by atoms with van der Waals surface area (Å²) in [5.74, 6) is 0.317. The smallest absolute Gasteiger partial charge is 0.232 e. The first-order chi connectivity index (χ1) is 15.7. The molecule has 1 N–H and O–H groups in total. The lowest BCUT2D eigenvalue weighted by Crippen LogP contribution is -2.25. The lowest BCUT2D eigenvalue weighted by Gasteiger charge is -2.11. The van der Waals surface area contributed by atoms with Crippen LogP contribution in [0.15, 0.2) is 82.6 Å². The fourth-order valence-corrected chi connectivity index (χ4v) is 6.18. The van der Waals surface area contributed by atoms with Gasteiger partial charge in [-0.2, -0.15) is 0 Å². The maximum atomic E-state index is 13.4. The second kappa shape index (κ2) is 9.44. The highest BCUT2D eigenvalue weighted by Gasteiger charge is 2.24. The molecule has 0 bridgehead atoms. The summed E-state index contributed by atoms with van der Waals surface area (Å²) in [6.45, 7) is 0.106. The van der Waals surface area contributed by atoms with Crippen molar-refractivity contribution in [3.8, 4) is 0 Å². The number of hydrogen-bond donors (Lipinski definition) is 1. The average Bonchev–Trinajstić information content (AvgIpc) is 3.16. The number of hydrogen-bond acceptors (Lipinski definition) is 5. The number of halogens is 2. The van der Waals surface area contributed by atoms with Crippen LogP contribution in [0.3, 0.4) is 0 Å². The Balaban J connectivity index is 1.57. The highest BCUT2D eigenvalue weighted by molar-refractivity contribution is 7.90. The number of sulfonamides is 1. The third-order valence-electron chi connectivity index (χ3n) is 4.93. The number of fused-ring (bicyclic) bond motifs is 1. The first-order valence-corrected chi connectivity index (χ1v) is 13.6. The maximum Gasteiger partial charge on any atom is 0.269 e. The van der Waals surface area contributed by atoms with Crippen LogP contribution in [0.25, 0.3) is 11.0 Å². The Morgan fingerprint density at radius 3 is 2.00 bits per heavy atom. The molecule has 0 aliphatic carbocycles. The largest absolute Gasteiger partial charge is 0.269 e. The molecule has 0 amide bonds. The highest BCUT2D eigenvalue weighted by atomic mass is 35.5. The van der Waals surface area contributed by atoms with Crippen LogP contribution in [0.1, 0.15) is 12.2 Å². The third kappa shape index (κ3) is 5.07. The van der Waals surface area contributed by atoms with Crippen LogP contribution >= 0.6 is 23.2 Å². The van der Waals surface area contributed by atoms with Gasteiger partial charge in [-0.05, 0) is 67.1 Å². The van der Waals surface area contributed by atoms with Crippen LogP contribution < -0.4 is 4.72 Å². The Labute approximate surface area is 202 Å². The van der Waals surface area contributed by atoms with Crippen LogP contribution in [0, 0.1) is 0 Å². The third-order valence-corrected chi connectivity index (χ3v) is 8.67. The summed E-state index contributed by atoms with van der Waals surface area (Å²) >= 11 is 11.7. The summed E-state index contributed by atoms with van der Waals surface area (Å²) in [5, 5.41) is 0.868. The van der Waals surface area contributed by atoms with E-state index < -0.39 is 20.0 Å². The highest BCUT2D eigenvalue weighted by Crippen LogP contribution is 2.25. The van der Waals surface area contributed by atoms with Gasteiger partial charge in [0, 0.05) is 23.0 Å². The second-order valence-corrected chi connectivity index (χ2v) is 11.6. The second-order valence-electron chi connectivity index (χ2n) is 7.20. The van der Waals surface area contributed by atoms with E-state index in [1.165, 1.54) is 52.5 Å². The lowest BCUT2D eigenvalue weighted by atomic mass is 10.3. The standard InChI is InChI=1S/C22H19Cl2N3O4S2/c23-16-7-11-18(12-8-16)32(28,29)25-15-3-6-22-26-20-4-1-2-5-21(20)27(22)33(30,31)19-13-9-17(24)10-14-19/h1-2,4-5,7-14,25H,3,6,15H2. The maximum absolute atomic E-state index is 13.4. The topological polar surface area (TPSA) is 98.1 Å². The first kappa shape index (κ1) is 23.7. The van der Waals surface area contributed by atoms with E-state index in [1.54, 1.807) is 24.3 Å². The summed E-state index contributed by atoms with van der Waals surface area (Å²) in [4.78, 5) is 4.67. The molecule has 0 unspecified atom stereocenters. The van der Waals surface area contributed by atoms with Gasteiger partial charge in [0.1, 0.15) is 5.82 Å². The molecule has 172 valence electrons. The van der Waals surface area contributed by atoms with E-state index in [4.69, 9.17) is 23.2 Å². The van der Waals surface area contributed by atoms with Gasteiger partial charge in [0.15, 0.2) is 0 Å². The number of nitrogens with zero attached hydrogens (tertiary/aromatic N) is 2. The van der Waals surface area contributed by atoms with Crippen molar-refractivity contribution in [1.82, 2.24) is 13.7 Å². The molecule has 0 saturated heterocycles. The van der Waals surface area contributed by atoms with Crippen LogP contribution in [-0.2, 0) is 26.5 Å². The van der Waals surface area contributed by atoms with Gasteiger partial charge in [-0.1, -0.05) is 35.3 Å². The predicted molar refractivity (Wildman–Crippen MR) is 129 cm³/mol. The van der Waals surface area contributed by atoms with Gasteiger partial charge in [0.2, 0.25) is 10.0 Å². The van der Waals surface area contributed by atoms with Crippen LogP contribution in [0.5, 0.6) is 0 Å². The number of nitrogens with one attached hydrogen (secondary N) is 1. The van der Waals surface area contributed by atoms with Gasteiger partial charge < -0.3 is 0 Å². The fourth-order valence-electron chi connectivity index (χ4n) is 3.34. The van der Waals surface area contributed by atoms with Gasteiger partial charge in [-0.25, -0.2) is 30.5 Å². The summed E-state index contributed by atoms with van der Waals surface area (Å²) in [6, 6.07) is 18.7. The zero-order valence-corrected chi connectivity index (χ0v) is 20.3. The van der Waals surface area contributed by atoms with Gasteiger partial charge in [-0.3, -0.25) is 0 Å². The number of imidazole rings is 1. The molecule has 4 rings (SSSR count). The minimum absolute atomic E-state index is 0.0831. The number of aryl methyl sites for hydroxylation is 1. The monoisotopic (exact) mass is 523 g/mol. The Bertz CT molecular complexity index is 1500. The summed E-state index contributed by atoms with van der Waals surface area (Å²) in [6.07, 6.45) is 0.580. The Morgan fingerprint density at radius 1 is 0.788 bits per heavy atom. The first-order valence-electron chi connectivity index (χ1n) is 9.91. The quantitative estimate of drug-likeness (QED) is 0.343. The molecule has 1 aromatic heterocycles. The van der Waals surface area contributed by atoms with Crippen LogP contribution in [0.2, 0.25) is 10.0 Å². The van der Waals surface area contributed by atoms with E-state index in [0.717, 1.165) is 0 Å². The predicted octanol–water partition coefficient (Wildman–Crippen LogP) is 4.49. The molecule has 0 radical (unpaired) electrons. The molecule has 0 spiro atoms. The van der Waals surface area contributed by atoms with Crippen molar-refractivity contribution >= 4 is 54.3 Å². The summed E-state index contributed by atoms with van der Waals surface area (Å²) < 4.78 is 55.4. The minimum atomic E-state index is -3.94. The van der Waals surface area contributed by atoms with E-state index in [0.29, 0.717) is 33.3 Å². The van der Waals surface area contributed by atoms with E-state index >= 15 is 0 Å². The molecule has 0 saturated carbocycles. The zero-order valence-electron chi connectivity index (χ0n) is 17.1. The Morgan fingerprint density at radius 2 is 1.36 bits per heavy atom. The average molecular weight is 524 g/mol. The van der Waals surface area contributed by atoms with Gasteiger partial charge >= 0.3 is 0 Å². The van der Waals surface area contributed by atoms with Crippen molar-refractivity contribution in [2.75, 3.05) is 6.54 Å². The van der Waals surface area contributed by atoms with E-state index in [1.807, 2.05) is 0 Å². The van der Waals surface area contributed by atoms with E-state index in [-0.39, 0.29) is 22.8 Å². The number of para-hydroxylation sites is 2. The Hall–Kier alpha value is -2.43. The molecule has 33 heavy (non-hydrogen) atoms. The molecule has 0 atom stereocenters. The van der Waals surface area contributed by atoms with Crippen LogP contribution in [-0.4, -0.2) is 32.3 Å². The molecular formula is C22H19Cl2N3O4S2. The molecule has 0 aliphatic rings. The number of benzene rings is 3. The SMILES string of the molecule is O=S(=O)(NCCCc1nc2ccccc2n1S(=O)(=O)c1ccc(Cl)cc1)c1ccc(Cl)cc1. The van der Waals surface area contributed by atoms with Crippen LogP contribution in [0.4, 0.5) is 0 Å². The van der Waals surface area contributed by atoms with Crippen molar-refractivity contribution in [3.05, 3.63) is 88.7 Å². The fraction of sp³-hybridized carbons (Fsp3) is 0.136.